The standard InChI is InChI=1S/C7H10BO2/c1-6(2)10-7-5-9-4-3-8-7/h3-6H,1-2H3. The minimum absolute atomic E-state index is 0.206. The Balaban J connectivity index is 2.34. The van der Waals surface area contributed by atoms with Crippen LogP contribution >= 0.6 is 0 Å². The third kappa shape index (κ3) is 2.17. The van der Waals surface area contributed by atoms with Crippen molar-refractivity contribution in [2.75, 3.05) is 0 Å². The zero-order chi connectivity index (χ0) is 7.40. The van der Waals surface area contributed by atoms with Crippen LogP contribution in [0, 0.1) is 0 Å². The summed E-state index contributed by atoms with van der Waals surface area (Å²) in [6, 6.07) is 0. The summed E-state index contributed by atoms with van der Waals surface area (Å²) in [5.41, 5.74) is 0.775. The summed E-state index contributed by atoms with van der Waals surface area (Å²) in [6.07, 6.45) is 3.39. The van der Waals surface area contributed by atoms with Crippen LogP contribution in [0.4, 0.5) is 0 Å². The number of hydrogen-bond acceptors (Lipinski definition) is 2. The van der Waals surface area contributed by atoms with Crippen molar-refractivity contribution in [2.45, 2.75) is 20.0 Å². The van der Waals surface area contributed by atoms with Crippen LogP contribution in [0.1, 0.15) is 13.8 Å². The Labute approximate surface area is 61.8 Å². The zero-order valence-corrected chi connectivity index (χ0v) is 6.20. The smallest absolute Gasteiger partial charge is 0.238 e. The third-order valence-corrected chi connectivity index (χ3v) is 0.974. The van der Waals surface area contributed by atoms with E-state index < -0.39 is 0 Å². The van der Waals surface area contributed by atoms with Gasteiger partial charge in [-0.25, -0.2) is 0 Å². The molecule has 0 fully saturated rings. The molecule has 3 heteroatoms. The van der Waals surface area contributed by atoms with Crippen molar-refractivity contribution in [1.82, 2.24) is 0 Å². The van der Waals surface area contributed by atoms with Gasteiger partial charge in [0.15, 0.2) is 0 Å². The van der Waals surface area contributed by atoms with Gasteiger partial charge in [0.05, 0.1) is 18.0 Å². The van der Waals surface area contributed by atoms with Crippen LogP contribution in [0.3, 0.4) is 0 Å². The minimum Gasteiger partial charge on any atom is -0.503 e. The molecular weight excluding hydrogens is 127 g/mol. The van der Waals surface area contributed by atoms with Crippen molar-refractivity contribution in [2.24, 2.45) is 0 Å². The second-order valence-corrected chi connectivity index (χ2v) is 2.32. The normalized spacial score (nSPS) is 15.7. The van der Waals surface area contributed by atoms with Crippen molar-refractivity contribution in [3.8, 4) is 0 Å². The molecule has 0 saturated heterocycles. The molecule has 0 aromatic carbocycles. The first kappa shape index (κ1) is 7.25. The van der Waals surface area contributed by atoms with E-state index in [1.165, 1.54) is 0 Å². The first-order valence-corrected chi connectivity index (χ1v) is 3.31. The van der Waals surface area contributed by atoms with Crippen LogP contribution in [-0.4, -0.2) is 13.4 Å². The Morgan fingerprint density at radius 3 is 2.90 bits per heavy atom. The lowest BCUT2D eigenvalue weighted by Crippen LogP contribution is -2.08. The van der Waals surface area contributed by atoms with Gasteiger partial charge in [-0.1, -0.05) is 5.98 Å². The number of ether oxygens (including phenoxy) is 2. The summed E-state index contributed by atoms with van der Waals surface area (Å²) in [6.45, 7) is 3.96. The van der Waals surface area contributed by atoms with Gasteiger partial charge in [0.1, 0.15) is 6.26 Å². The average molecular weight is 137 g/mol. The molecule has 53 valence electrons. The lowest BCUT2D eigenvalue weighted by Gasteiger charge is -2.13. The highest BCUT2D eigenvalue weighted by Gasteiger charge is 2.03. The van der Waals surface area contributed by atoms with Crippen molar-refractivity contribution >= 4 is 7.28 Å². The Morgan fingerprint density at radius 2 is 2.40 bits per heavy atom. The van der Waals surface area contributed by atoms with Crippen LogP contribution in [0.15, 0.2) is 24.2 Å². The lowest BCUT2D eigenvalue weighted by atomic mass is 9.76. The monoisotopic (exact) mass is 137 g/mol. The van der Waals surface area contributed by atoms with E-state index in [0.29, 0.717) is 0 Å². The Bertz CT molecular complexity index is 161. The summed E-state index contributed by atoms with van der Waals surface area (Å²) in [7, 11) is 1.86. The fourth-order valence-electron chi connectivity index (χ4n) is 0.664. The molecule has 10 heavy (non-hydrogen) atoms. The lowest BCUT2D eigenvalue weighted by molar-refractivity contribution is 0.156. The maximum absolute atomic E-state index is 5.32. The molecule has 0 N–H and O–H groups in total. The predicted molar refractivity (Wildman–Crippen MR) is 40.3 cm³/mol. The average Bonchev–Trinajstić information content (AvgIpc) is 1.88. The van der Waals surface area contributed by atoms with E-state index in [0.717, 1.165) is 5.66 Å². The van der Waals surface area contributed by atoms with E-state index in [1.54, 1.807) is 18.5 Å². The fraction of sp³-hybridized carbons (Fsp3) is 0.429. The van der Waals surface area contributed by atoms with Gasteiger partial charge in [-0.15, -0.1) is 0 Å². The van der Waals surface area contributed by atoms with Crippen molar-refractivity contribution in [1.29, 1.82) is 0 Å². The van der Waals surface area contributed by atoms with E-state index in [2.05, 4.69) is 0 Å². The summed E-state index contributed by atoms with van der Waals surface area (Å²) in [4.78, 5) is 0. The van der Waals surface area contributed by atoms with Gasteiger partial charge < -0.3 is 9.47 Å². The summed E-state index contributed by atoms with van der Waals surface area (Å²) in [5.74, 6) is 1.80. The van der Waals surface area contributed by atoms with Gasteiger partial charge in [0.2, 0.25) is 7.28 Å². The first-order valence-electron chi connectivity index (χ1n) is 3.31. The number of hydrogen-bond donors (Lipinski definition) is 0. The van der Waals surface area contributed by atoms with Gasteiger partial charge in [-0.2, -0.15) is 0 Å². The molecule has 0 amide bonds. The van der Waals surface area contributed by atoms with Crippen LogP contribution < -0.4 is 0 Å². The summed E-state index contributed by atoms with van der Waals surface area (Å²) in [5, 5.41) is 0. The molecule has 0 aliphatic carbocycles. The molecule has 0 aromatic rings. The van der Waals surface area contributed by atoms with Crippen LogP contribution in [0.25, 0.3) is 0 Å². The summed E-state index contributed by atoms with van der Waals surface area (Å²) < 4.78 is 10.2. The van der Waals surface area contributed by atoms with E-state index >= 15 is 0 Å². The summed E-state index contributed by atoms with van der Waals surface area (Å²) >= 11 is 0. The Kier molecular flexibility index (Phi) is 2.43. The molecule has 0 aromatic heterocycles. The molecule has 1 aliphatic heterocycles. The van der Waals surface area contributed by atoms with E-state index in [9.17, 15) is 0 Å². The van der Waals surface area contributed by atoms with E-state index in [-0.39, 0.29) is 6.10 Å². The van der Waals surface area contributed by atoms with Crippen LogP contribution in [0.5, 0.6) is 0 Å². The SMILES string of the molecule is CC(C)OC1=COC=C[B]1. The highest BCUT2D eigenvalue weighted by molar-refractivity contribution is 6.50. The van der Waals surface area contributed by atoms with Gasteiger partial charge in [0.25, 0.3) is 0 Å². The van der Waals surface area contributed by atoms with E-state index in [4.69, 9.17) is 9.47 Å². The molecule has 0 saturated carbocycles. The molecule has 1 rings (SSSR count). The van der Waals surface area contributed by atoms with Crippen molar-refractivity contribution in [3.63, 3.8) is 0 Å². The highest BCUT2D eigenvalue weighted by atomic mass is 16.5. The molecule has 0 spiro atoms. The third-order valence-electron chi connectivity index (χ3n) is 0.974. The first-order chi connectivity index (χ1) is 4.79. The highest BCUT2D eigenvalue weighted by Crippen LogP contribution is 2.04. The maximum Gasteiger partial charge on any atom is 0.238 e. The van der Waals surface area contributed by atoms with Crippen LogP contribution in [-0.2, 0) is 9.47 Å². The number of rotatable bonds is 2. The Hall–Kier alpha value is -0.855. The van der Waals surface area contributed by atoms with Gasteiger partial charge in [-0.05, 0) is 13.8 Å². The molecule has 1 heterocycles. The van der Waals surface area contributed by atoms with Crippen molar-refractivity contribution in [3.05, 3.63) is 24.2 Å². The largest absolute Gasteiger partial charge is 0.503 e. The molecule has 0 bridgehead atoms. The van der Waals surface area contributed by atoms with Crippen molar-refractivity contribution < 1.29 is 9.47 Å². The zero-order valence-electron chi connectivity index (χ0n) is 6.20. The predicted octanol–water partition coefficient (Wildman–Crippen LogP) is 1.42. The molecule has 1 radical (unpaired) electrons. The molecule has 2 nitrogen and oxygen atoms in total. The molecule has 0 atom stereocenters. The van der Waals surface area contributed by atoms with Crippen LogP contribution in [0.2, 0.25) is 0 Å². The maximum atomic E-state index is 5.32. The fourth-order valence-corrected chi connectivity index (χ4v) is 0.664. The van der Waals surface area contributed by atoms with Gasteiger partial charge in [0, 0.05) is 0 Å². The second kappa shape index (κ2) is 3.35. The van der Waals surface area contributed by atoms with E-state index in [1.807, 2.05) is 21.1 Å². The van der Waals surface area contributed by atoms with Gasteiger partial charge in [-0.3, -0.25) is 0 Å². The quantitative estimate of drug-likeness (QED) is 0.535. The molecule has 1 aliphatic rings. The Morgan fingerprint density at radius 1 is 1.60 bits per heavy atom. The topological polar surface area (TPSA) is 18.5 Å². The minimum atomic E-state index is 0.206. The second-order valence-electron chi connectivity index (χ2n) is 2.32. The van der Waals surface area contributed by atoms with Gasteiger partial charge >= 0.3 is 0 Å². The molecule has 0 unspecified atom stereocenters. The molecular formula is C7H10BO2.